The fourth-order valence-electron chi connectivity index (χ4n) is 1.13. The van der Waals surface area contributed by atoms with Gasteiger partial charge in [0, 0.05) is 30.6 Å². The average molecular weight is 229 g/mol. The van der Waals surface area contributed by atoms with Gasteiger partial charge in [-0.25, -0.2) is 0 Å². The average Bonchev–Trinajstić information content (AvgIpc) is 2.65. The summed E-state index contributed by atoms with van der Waals surface area (Å²) in [4.78, 5) is 11.0. The summed E-state index contributed by atoms with van der Waals surface area (Å²) in [5.41, 5.74) is 6.67. The predicted octanol–water partition coefficient (Wildman–Crippen LogP) is 0.326. The van der Waals surface area contributed by atoms with Gasteiger partial charge in [0.1, 0.15) is 0 Å². The fraction of sp³-hybridized carbons (Fsp3) is 0.556. The van der Waals surface area contributed by atoms with Crippen molar-refractivity contribution in [1.82, 2.24) is 9.78 Å². The van der Waals surface area contributed by atoms with Gasteiger partial charge < -0.3 is 10.5 Å². The highest BCUT2D eigenvalue weighted by molar-refractivity contribution is 8.00. The van der Waals surface area contributed by atoms with Gasteiger partial charge in [0.15, 0.2) is 0 Å². The van der Waals surface area contributed by atoms with E-state index in [1.807, 2.05) is 13.2 Å². The molecule has 1 atom stereocenters. The third-order valence-electron chi connectivity index (χ3n) is 1.94. The Morgan fingerprint density at radius 1 is 1.80 bits per heavy atom. The molecule has 1 rings (SSSR count). The Kier molecular flexibility index (Phi) is 4.64. The number of ether oxygens (including phenoxy) is 1. The Hall–Kier alpha value is -1.01. The van der Waals surface area contributed by atoms with Crippen LogP contribution in [0.15, 0.2) is 12.4 Å². The summed E-state index contributed by atoms with van der Waals surface area (Å²) >= 11 is 1.47. The lowest BCUT2D eigenvalue weighted by Gasteiger charge is -2.10. The van der Waals surface area contributed by atoms with Crippen LogP contribution in [0.2, 0.25) is 0 Å². The van der Waals surface area contributed by atoms with Crippen molar-refractivity contribution >= 4 is 17.7 Å². The summed E-state index contributed by atoms with van der Waals surface area (Å²) in [6, 6.07) is 0. The molecule has 0 spiro atoms. The number of carbonyl (C=O) groups excluding carboxylic acids is 1. The molecule has 5 nitrogen and oxygen atoms in total. The van der Waals surface area contributed by atoms with Crippen molar-refractivity contribution in [3.63, 3.8) is 0 Å². The number of hydrogen-bond donors (Lipinski definition) is 1. The molecule has 84 valence electrons. The van der Waals surface area contributed by atoms with E-state index in [0.29, 0.717) is 12.3 Å². The van der Waals surface area contributed by atoms with Gasteiger partial charge in [-0.3, -0.25) is 9.48 Å². The lowest BCUT2D eigenvalue weighted by Crippen LogP contribution is -2.12. The summed E-state index contributed by atoms with van der Waals surface area (Å²) < 4.78 is 6.28. The van der Waals surface area contributed by atoms with Crippen LogP contribution >= 0.6 is 11.8 Å². The van der Waals surface area contributed by atoms with Crippen molar-refractivity contribution in [2.75, 3.05) is 19.4 Å². The molecule has 2 N–H and O–H groups in total. The molecule has 6 heteroatoms. The molecule has 0 bridgehead atoms. The van der Waals surface area contributed by atoms with E-state index in [1.165, 1.54) is 18.9 Å². The van der Waals surface area contributed by atoms with Gasteiger partial charge in [0.25, 0.3) is 0 Å². The van der Waals surface area contributed by atoms with Gasteiger partial charge in [0.05, 0.1) is 19.1 Å². The number of nitrogens with two attached hydrogens (primary N) is 1. The predicted molar refractivity (Wildman–Crippen MR) is 59.5 cm³/mol. The van der Waals surface area contributed by atoms with Crippen LogP contribution in [0.4, 0.5) is 0 Å². The van der Waals surface area contributed by atoms with Crippen LogP contribution in [-0.4, -0.2) is 35.2 Å². The molecule has 0 aliphatic carbocycles. The van der Waals surface area contributed by atoms with E-state index in [0.717, 1.165) is 5.56 Å². The first-order valence-corrected chi connectivity index (χ1v) is 5.59. The number of thioether (sulfide) groups is 1. The van der Waals surface area contributed by atoms with E-state index >= 15 is 0 Å². The zero-order chi connectivity index (χ0) is 11.3. The monoisotopic (exact) mass is 229 g/mol. The first kappa shape index (κ1) is 12.1. The Morgan fingerprint density at radius 3 is 3.00 bits per heavy atom. The van der Waals surface area contributed by atoms with Gasteiger partial charge in [0.2, 0.25) is 0 Å². The lowest BCUT2D eigenvalue weighted by molar-refractivity contribution is -0.137. The molecule has 1 aromatic heterocycles. The third-order valence-corrected chi connectivity index (χ3v) is 3.21. The highest BCUT2D eigenvalue weighted by atomic mass is 32.2. The Labute approximate surface area is 93.0 Å². The second-order valence-corrected chi connectivity index (χ2v) is 4.25. The molecule has 1 unspecified atom stereocenters. The molecule has 0 amide bonds. The number of aryl methyl sites for hydroxylation is 1. The second-order valence-electron chi connectivity index (χ2n) is 3.06. The minimum atomic E-state index is -0.234. The zero-order valence-corrected chi connectivity index (χ0v) is 9.66. The molecule has 0 fully saturated rings. The second kappa shape index (κ2) is 5.77. The Bertz CT molecular complexity index is 327. The van der Waals surface area contributed by atoms with Crippen molar-refractivity contribution in [3.05, 3.63) is 18.0 Å². The van der Waals surface area contributed by atoms with E-state index in [4.69, 9.17) is 5.73 Å². The van der Waals surface area contributed by atoms with Crippen molar-refractivity contribution in [2.45, 2.75) is 5.25 Å². The lowest BCUT2D eigenvalue weighted by atomic mass is 10.2. The molecule has 1 aromatic rings. The van der Waals surface area contributed by atoms with Crippen LogP contribution in [0.5, 0.6) is 0 Å². The Morgan fingerprint density at radius 2 is 2.53 bits per heavy atom. The van der Waals surface area contributed by atoms with E-state index in [9.17, 15) is 4.79 Å². The van der Waals surface area contributed by atoms with E-state index in [2.05, 4.69) is 9.84 Å². The minimum absolute atomic E-state index is 0.0952. The number of esters is 1. The molecular weight excluding hydrogens is 214 g/mol. The molecule has 1 heterocycles. The quantitative estimate of drug-likeness (QED) is 0.737. The number of methoxy groups -OCH3 is 1. The van der Waals surface area contributed by atoms with Gasteiger partial charge in [-0.2, -0.15) is 5.10 Å². The minimum Gasteiger partial charge on any atom is -0.468 e. The number of nitrogens with zero attached hydrogens (tertiary/aromatic N) is 2. The highest BCUT2D eigenvalue weighted by Gasteiger charge is 2.14. The maximum Gasteiger partial charge on any atom is 0.315 e. The van der Waals surface area contributed by atoms with Gasteiger partial charge in [-0.05, 0) is 0 Å². The van der Waals surface area contributed by atoms with Crippen LogP contribution in [0.25, 0.3) is 0 Å². The third kappa shape index (κ3) is 3.56. The summed E-state index contributed by atoms with van der Waals surface area (Å²) in [5, 5.41) is 4.16. The van der Waals surface area contributed by atoms with Gasteiger partial charge >= 0.3 is 5.97 Å². The summed E-state index contributed by atoms with van der Waals surface area (Å²) in [7, 11) is 3.23. The van der Waals surface area contributed by atoms with Crippen molar-refractivity contribution in [2.24, 2.45) is 12.8 Å². The Balaban J connectivity index is 2.53. The standard InChI is InChI=1S/C9H15N3O2S/c1-12-5-7(4-11-12)8(3-10)15-6-9(13)14-2/h4-5,8H,3,6,10H2,1-2H3. The normalized spacial score (nSPS) is 12.5. The topological polar surface area (TPSA) is 70.1 Å². The number of hydrogen-bond acceptors (Lipinski definition) is 5. The number of carbonyl (C=O) groups is 1. The van der Waals surface area contributed by atoms with Gasteiger partial charge in [-0.1, -0.05) is 0 Å². The largest absolute Gasteiger partial charge is 0.468 e. The van der Waals surface area contributed by atoms with E-state index in [-0.39, 0.29) is 11.2 Å². The molecule has 0 aliphatic heterocycles. The van der Waals surface area contributed by atoms with Gasteiger partial charge in [-0.15, -0.1) is 11.8 Å². The van der Waals surface area contributed by atoms with E-state index < -0.39 is 0 Å². The zero-order valence-electron chi connectivity index (χ0n) is 8.84. The maximum absolute atomic E-state index is 11.0. The van der Waals surface area contributed by atoms with Crippen LogP contribution in [0.1, 0.15) is 10.8 Å². The maximum atomic E-state index is 11.0. The first-order chi connectivity index (χ1) is 7.17. The van der Waals surface area contributed by atoms with Crippen molar-refractivity contribution in [1.29, 1.82) is 0 Å². The smallest absolute Gasteiger partial charge is 0.315 e. The molecule has 0 saturated heterocycles. The van der Waals surface area contributed by atoms with Crippen molar-refractivity contribution < 1.29 is 9.53 Å². The molecular formula is C9H15N3O2S. The van der Waals surface area contributed by atoms with Crippen LogP contribution in [-0.2, 0) is 16.6 Å². The molecule has 15 heavy (non-hydrogen) atoms. The molecule has 0 aromatic carbocycles. The van der Waals surface area contributed by atoms with Crippen LogP contribution in [0.3, 0.4) is 0 Å². The first-order valence-electron chi connectivity index (χ1n) is 4.54. The summed E-state index contributed by atoms with van der Waals surface area (Å²) in [6.07, 6.45) is 3.67. The highest BCUT2D eigenvalue weighted by Crippen LogP contribution is 2.26. The summed E-state index contributed by atoms with van der Waals surface area (Å²) in [6.45, 7) is 0.480. The van der Waals surface area contributed by atoms with Crippen molar-refractivity contribution in [3.8, 4) is 0 Å². The molecule has 0 radical (unpaired) electrons. The van der Waals surface area contributed by atoms with E-state index in [1.54, 1.807) is 10.9 Å². The number of rotatable bonds is 5. The molecule has 0 aliphatic rings. The van der Waals surface area contributed by atoms with Crippen LogP contribution in [0, 0.1) is 0 Å². The number of aromatic nitrogens is 2. The molecule has 0 saturated carbocycles. The SMILES string of the molecule is COC(=O)CSC(CN)c1cnn(C)c1. The fourth-order valence-corrected chi connectivity index (χ4v) is 2.04. The van der Waals surface area contributed by atoms with Crippen LogP contribution < -0.4 is 5.73 Å². The summed E-state index contributed by atoms with van der Waals surface area (Å²) in [5.74, 6) is 0.0788.